The summed E-state index contributed by atoms with van der Waals surface area (Å²) in [6.07, 6.45) is 9.73. The molecular weight excluding hydrogens is 368 g/mol. The lowest BCUT2D eigenvalue weighted by molar-refractivity contribution is 0.244. The van der Waals surface area contributed by atoms with Gasteiger partial charge in [0.05, 0.1) is 12.4 Å². The summed E-state index contributed by atoms with van der Waals surface area (Å²) in [5.74, 6) is 1.46. The van der Waals surface area contributed by atoms with E-state index in [0.717, 1.165) is 30.0 Å². The third-order valence-corrected chi connectivity index (χ3v) is 10.8. The van der Waals surface area contributed by atoms with Gasteiger partial charge in [0, 0.05) is 18.6 Å². The van der Waals surface area contributed by atoms with Crippen LogP contribution in [0.4, 0.5) is 11.8 Å². The van der Waals surface area contributed by atoms with Gasteiger partial charge >= 0.3 is 0 Å². The van der Waals surface area contributed by atoms with Gasteiger partial charge in [0.1, 0.15) is 0 Å². The highest BCUT2D eigenvalue weighted by atomic mass is 28.4. The van der Waals surface area contributed by atoms with Crippen LogP contribution in [0.25, 0.3) is 11.2 Å². The molecule has 2 aromatic rings. The molecule has 0 spiro atoms. The number of aromatic nitrogens is 4. The number of rotatable bonds is 6. The van der Waals surface area contributed by atoms with E-state index in [1.807, 2.05) is 6.33 Å². The fourth-order valence-corrected chi connectivity index (χ4v) is 4.38. The number of hydrogen-bond acceptors (Lipinski definition) is 6. The number of nitrogens with zero attached hydrogens (tertiary/aromatic N) is 4. The number of nitrogens with two attached hydrogens (primary N) is 1. The standard InChI is InChI=1S/C20H32N6OSi/c1-20(2,3)28(4,5)27-11-13-6-9-15(10-13)26-12-22-16-17(23-14-7-8-14)24-19(21)25-18(16)26/h6,9,12-15H,7-8,10-11H2,1-5H3,(H3,21,23,24,25)/t13-,15?/m1/s1. The molecule has 4 rings (SSSR count). The van der Waals surface area contributed by atoms with Crippen LogP contribution >= 0.6 is 0 Å². The lowest BCUT2D eigenvalue weighted by atomic mass is 10.1. The summed E-state index contributed by atoms with van der Waals surface area (Å²) in [7, 11) is -1.73. The van der Waals surface area contributed by atoms with Gasteiger partial charge in [-0.15, -0.1) is 0 Å². The molecule has 8 heteroatoms. The second-order valence-electron chi connectivity index (χ2n) is 9.69. The van der Waals surface area contributed by atoms with Crippen molar-refractivity contribution in [1.82, 2.24) is 19.5 Å². The monoisotopic (exact) mass is 400 g/mol. The minimum atomic E-state index is -1.73. The van der Waals surface area contributed by atoms with Crippen molar-refractivity contribution < 1.29 is 4.43 Å². The summed E-state index contributed by atoms with van der Waals surface area (Å²) in [5, 5.41) is 3.65. The number of anilines is 2. The van der Waals surface area contributed by atoms with E-state index >= 15 is 0 Å². The number of nitrogens with one attached hydrogen (secondary N) is 1. The van der Waals surface area contributed by atoms with Crippen LogP contribution in [0.3, 0.4) is 0 Å². The third-order valence-electron chi connectivity index (χ3n) is 6.33. The van der Waals surface area contributed by atoms with Crippen LogP contribution in [0.1, 0.15) is 46.1 Å². The summed E-state index contributed by atoms with van der Waals surface area (Å²) in [6.45, 7) is 12.2. The van der Waals surface area contributed by atoms with Crippen LogP contribution in [0, 0.1) is 5.92 Å². The van der Waals surface area contributed by atoms with E-state index in [9.17, 15) is 0 Å². The van der Waals surface area contributed by atoms with Crippen molar-refractivity contribution >= 4 is 31.2 Å². The zero-order chi connectivity index (χ0) is 20.1. The van der Waals surface area contributed by atoms with Crippen molar-refractivity contribution in [2.45, 2.75) is 70.2 Å². The summed E-state index contributed by atoms with van der Waals surface area (Å²) >= 11 is 0. The first-order valence-corrected chi connectivity index (χ1v) is 13.1. The van der Waals surface area contributed by atoms with Crippen molar-refractivity contribution in [2.24, 2.45) is 5.92 Å². The highest BCUT2D eigenvalue weighted by Crippen LogP contribution is 2.38. The summed E-state index contributed by atoms with van der Waals surface area (Å²) in [4.78, 5) is 13.4. The van der Waals surface area contributed by atoms with Gasteiger partial charge in [0.2, 0.25) is 5.95 Å². The lowest BCUT2D eigenvalue weighted by Crippen LogP contribution is -2.41. The Morgan fingerprint density at radius 1 is 1.25 bits per heavy atom. The Hall–Kier alpha value is -1.93. The molecule has 28 heavy (non-hydrogen) atoms. The maximum atomic E-state index is 6.43. The van der Waals surface area contributed by atoms with Crippen molar-refractivity contribution in [2.75, 3.05) is 17.7 Å². The van der Waals surface area contributed by atoms with Gasteiger partial charge < -0.3 is 20.0 Å². The average molecular weight is 401 g/mol. The molecular formula is C20H32N6OSi. The number of allylic oxidation sites excluding steroid dienone is 1. The Labute approximate surface area is 167 Å². The van der Waals surface area contributed by atoms with E-state index in [-0.39, 0.29) is 17.0 Å². The van der Waals surface area contributed by atoms with Gasteiger partial charge in [-0.3, -0.25) is 0 Å². The minimum Gasteiger partial charge on any atom is -0.416 e. The minimum absolute atomic E-state index is 0.223. The molecule has 2 aliphatic carbocycles. The quantitative estimate of drug-likeness (QED) is 0.560. The average Bonchev–Trinajstić information content (AvgIpc) is 3.13. The highest BCUT2D eigenvalue weighted by molar-refractivity contribution is 6.74. The normalized spacial score (nSPS) is 22.9. The van der Waals surface area contributed by atoms with Crippen LogP contribution in [0.15, 0.2) is 18.5 Å². The van der Waals surface area contributed by atoms with Crippen LogP contribution in [0.5, 0.6) is 0 Å². The predicted molar refractivity (Wildman–Crippen MR) is 116 cm³/mol. The maximum absolute atomic E-state index is 6.43. The van der Waals surface area contributed by atoms with Gasteiger partial charge in [-0.2, -0.15) is 9.97 Å². The van der Waals surface area contributed by atoms with Crippen molar-refractivity contribution in [3.63, 3.8) is 0 Å². The van der Waals surface area contributed by atoms with Crippen LogP contribution in [-0.4, -0.2) is 40.5 Å². The fraction of sp³-hybridized carbons (Fsp3) is 0.650. The molecule has 1 saturated carbocycles. The Kier molecular flexibility index (Phi) is 4.74. The van der Waals surface area contributed by atoms with Gasteiger partial charge in [0.25, 0.3) is 0 Å². The first kappa shape index (κ1) is 19.4. The molecule has 0 amide bonds. The third kappa shape index (κ3) is 3.80. The number of hydrogen-bond donors (Lipinski definition) is 2. The van der Waals surface area contributed by atoms with E-state index in [1.54, 1.807) is 0 Å². The molecule has 0 saturated heterocycles. The van der Waals surface area contributed by atoms with E-state index in [4.69, 9.17) is 10.2 Å². The number of fused-ring (bicyclic) bond motifs is 1. The molecule has 2 aromatic heterocycles. The van der Waals surface area contributed by atoms with Crippen LogP contribution in [-0.2, 0) is 4.43 Å². The van der Waals surface area contributed by atoms with Gasteiger partial charge in [0.15, 0.2) is 25.3 Å². The molecule has 0 aliphatic heterocycles. The zero-order valence-corrected chi connectivity index (χ0v) is 18.6. The SMILES string of the molecule is CC(C)(C)[Si](C)(C)OC[C@@H]1C=CC(n2cnc3c(NC4CC4)nc(N)nc32)C1. The lowest BCUT2D eigenvalue weighted by Gasteiger charge is -2.36. The van der Waals surface area contributed by atoms with Gasteiger partial charge in [-0.05, 0) is 37.4 Å². The first-order valence-electron chi connectivity index (χ1n) is 10.2. The molecule has 0 aromatic carbocycles. The molecule has 2 atom stereocenters. The molecule has 2 heterocycles. The van der Waals surface area contributed by atoms with E-state index in [0.29, 0.717) is 12.0 Å². The van der Waals surface area contributed by atoms with Crippen molar-refractivity contribution in [3.05, 3.63) is 18.5 Å². The Morgan fingerprint density at radius 3 is 2.68 bits per heavy atom. The van der Waals surface area contributed by atoms with Gasteiger partial charge in [-0.25, -0.2) is 4.98 Å². The van der Waals surface area contributed by atoms with Crippen LogP contribution in [0.2, 0.25) is 18.1 Å². The summed E-state index contributed by atoms with van der Waals surface area (Å²) in [5.41, 5.74) is 7.58. The Balaban J connectivity index is 1.48. The summed E-state index contributed by atoms with van der Waals surface area (Å²) < 4.78 is 8.55. The number of imidazole rings is 1. The van der Waals surface area contributed by atoms with Crippen LogP contribution < -0.4 is 11.1 Å². The molecule has 1 unspecified atom stereocenters. The fourth-order valence-electron chi connectivity index (χ4n) is 3.31. The van der Waals surface area contributed by atoms with Gasteiger partial charge in [-0.1, -0.05) is 32.9 Å². The molecule has 3 N–H and O–H groups in total. The molecule has 152 valence electrons. The molecule has 2 aliphatic rings. The second kappa shape index (κ2) is 6.84. The topological polar surface area (TPSA) is 90.9 Å². The van der Waals surface area contributed by atoms with Crippen molar-refractivity contribution in [3.8, 4) is 0 Å². The molecule has 1 fully saturated rings. The largest absolute Gasteiger partial charge is 0.416 e. The smallest absolute Gasteiger partial charge is 0.224 e. The van der Waals surface area contributed by atoms with E-state index in [1.165, 1.54) is 12.8 Å². The van der Waals surface area contributed by atoms with E-state index < -0.39 is 8.32 Å². The Morgan fingerprint density at radius 2 is 2.00 bits per heavy atom. The first-order chi connectivity index (χ1) is 13.1. The highest BCUT2D eigenvalue weighted by Gasteiger charge is 2.38. The molecule has 0 bridgehead atoms. The second-order valence-corrected chi connectivity index (χ2v) is 14.5. The Bertz CT molecular complexity index is 896. The molecule has 7 nitrogen and oxygen atoms in total. The summed E-state index contributed by atoms with van der Waals surface area (Å²) in [6, 6.07) is 0.715. The van der Waals surface area contributed by atoms with Crippen molar-refractivity contribution in [1.29, 1.82) is 0 Å². The molecule has 0 radical (unpaired) electrons. The zero-order valence-electron chi connectivity index (χ0n) is 17.6. The van der Waals surface area contributed by atoms with E-state index in [2.05, 4.69) is 70.9 Å². The number of nitrogen functional groups attached to an aromatic ring is 1. The predicted octanol–water partition coefficient (Wildman–Crippen LogP) is 4.12. The maximum Gasteiger partial charge on any atom is 0.224 e.